The molecule has 2 aliphatic rings. The van der Waals surface area contributed by atoms with E-state index in [1.807, 2.05) is 232 Å². The molecule has 0 atom stereocenters. The number of hydrogen-bond donors (Lipinski definition) is 7. The van der Waals surface area contributed by atoms with Crippen molar-refractivity contribution in [3.63, 3.8) is 0 Å². The van der Waals surface area contributed by atoms with E-state index < -0.39 is 0 Å². The number of aliphatic imine (C=N–C) groups is 2. The average Bonchev–Trinajstić information content (AvgIpc) is 1.35. The van der Waals surface area contributed by atoms with Crippen molar-refractivity contribution in [2.24, 2.45) is 27.2 Å². The number of hydrogen-bond acceptors (Lipinski definition) is 17. The third-order valence-corrected chi connectivity index (χ3v) is 22.4. The number of amides is 1. The second-order valence-electron chi connectivity index (χ2n) is 32.4. The number of rotatable bonds is 17. The number of carbonyl (C=O) groups is 4. The normalized spacial score (nSPS) is 11.8. The van der Waals surface area contributed by atoms with Gasteiger partial charge in [0.1, 0.15) is 39.9 Å². The van der Waals surface area contributed by atoms with Crippen LogP contribution in [-0.2, 0) is 32.2 Å². The van der Waals surface area contributed by atoms with Gasteiger partial charge in [-0.05, 0) is 275 Å². The van der Waals surface area contributed by atoms with E-state index in [-0.39, 0.29) is 41.5 Å². The van der Waals surface area contributed by atoms with Gasteiger partial charge in [0.2, 0.25) is 0 Å². The number of nitrogens with zero attached hydrogens (tertiary/aromatic N) is 14. The smallest absolute Gasteiger partial charge is 0.256 e. The van der Waals surface area contributed by atoms with Crippen molar-refractivity contribution in [3.8, 4) is 47.4 Å². The fourth-order valence-electron chi connectivity index (χ4n) is 15.1. The molecular formula is C107H97N21O4. The molecule has 1 amide bonds. The maximum Gasteiger partial charge on any atom is 0.256 e. The number of aryl methyl sites for hydroxylation is 8. The van der Waals surface area contributed by atoms with Crippen molar-refractivity contribution >= 4 is 80.8 Å². The number of benzene rings is 6. The van der Waals surface area contributed by atoms with E-state index in [4.69, 9.17) is 22.6 Å². The Morgan fingerprint density at radius 2 is 0.970 bits per heavy atom. The van der Waals surface area contributed by atoms with Gasteiger partial charge in [-0.3, -0.25) is 52.7 Å². The molecule has 1 fully saturated rings. The molecule has 1 saturated heterocycles. The van der Waals surface area contributed by atoms with Crippen LogP contribution in [0.1, 0.15) is 172 Å². The summed E-state index contributed by atoms with van der Waals surface area (Å²) in [7, 11) is 0. The molecule has 132 heavy (non-hydrogen) atoms. The highest BCUT2D eigenvalue weighted by Crippen LogP contribution is 2.26. The minimum absolute atomic E-state index is 0.0232. The van der Waals surface area contributed by atoms with Gasteiger partial charge in [-0.15, -0.1) is 0 Å². The van der Waals surface area contributed by atoms with Gasteiger partial charge in [0, 0.05) is 120 Å². The summed E-state index contributed by atoms with van der Waals surface area (Å²) < 4.78 is 7.41. The highest BCUT2D eigenvalue weighted by atomic mass is 16.2. The van der Waals surface area contributed by atoms with Crippen LogP contribution in [0.4, 0.5) is 17.2 Å². The highest BCUT2D eigenvalue weighted by molar-refractivity contribution is 6.04. The lowest BCUT2D eigenvalue weighted by atomic mass is 9.96. The Morgan fingerprint density at radius 3 is 1.55 bits per heavy atom. The van der Waals surface area contributed by atoms with E-state index in [9.17, 15) is 19.2 Å². The zero-order valence-corrected chi connectivity index (χ0v) is 74.6. The zero-order chi connectivity index (χ0) is 92.3. The first kappa shape index (κ1) is 89.8. The molecule has 0 saturated carbocycles. The first-order chi connectivity index (χ1) is 63.9. The Kier molecular flexibility index (Phi) is 28.3. The number of ketones is 3. The van der Waals surface area contributed by atoms with Crippen LogP contribution in [0, 0.1) is 108 Å². The van der Waals surface area contributed by atoms with E-state index in [0.29, 0.717) is 70.1 Å². The summed E-state index contributed by atoms with van der Waals surface area (Å²) in [4.78, 5) is 88.6. The third-order valence-electron chi connectivity index (χ3n) is 22.4. The topological polar surface area (TPSA) is 342 Å². The molecule has 10 aromatic heterocycles. The predicted octanol–water partition coefficient (Wildman–Crippen LogP) is 15.5. The van der Waals surface area contributed by atoms with Crippen LogP contribution >= 0.6 is 0 Å². The van der Waals surface area contributed by atoms with E-state index in [2.05, 4.69) is 138 Å². The van der Waals surface area contributed by atoms with Gasteiger partial charge in [0.25, 0.3) is 5.91 Å². The van der Waals surface area contributed by atoms with E-state index in [1.165, 1.54) is 37.1 Å². The Morgan fingerprint density at radius 1 is 0.455 bits per heavy atom. The third kappa shape index (κ3) is 22.9. The second-order valence-corrected chi connectivity index (χ2v) is 32.4. The molecule has 0 radical (unpaired) electrons. The standard InChI is InChI=1S/C30H29N3O.C27H24N6O.C26H23N5O.C24H21N7O/c1-22-8-10-26(19-25(22)12-13-28-20-31-30-7-3-4-16-33(28)30)29(34)18-24-9-11-27(23(2)17-24)21-32-14-5-6-15-32;1-18-9-10-28-22(14-18)16-25(34)21-6-5-19(2)20(15-21)7-8-23-17-31-26-24(4-3-13-33(23)26)32-27-29-11-12-30-27;1-17-5-7-22(24(32)13-19-6-8-21(15-25(27)28)18(2)12-19)14-20(17)9-10-23-16-29-26-4-3-11-30-31(23)26;1-15-9-10-27-21(12-15)30-23(32)18-6-5-16(2)17(13-18)7-8-19-14-28-22-20(29-24(25)26)4-3-11-31(19)22/h3-4,7-11,16-17,19-20H,5-6,14-15,18,21H2,1-2H3;3-6,9-10,13-15,17H,11-12,16H2,1-2H3,(H2,29,30,32);3-8,11-12,14,16H,13,15H2,1-2H3,(H3,27,28);3-6,9-14H,1-2H3,(H4,25,26,29)(H,27,30,32). The molecule has 0 spiro atoms. The van der Waals surface area contributed by atoms with Crippen LogP contribution in [-0.4, -0.2) is 125 Å². The Balaban J connectivity index is 0.000000135. The van der Waals surface area contributed by atoms with Crippen LogP contribution < -0.4 is 33.2 Å². The first-order valence-corrected chi connectivity index (χ1v) is 43.2. The monoisotopic (exact) mass is 1740 g/mol. The first-order valence-electron chi connectivity index (χ1n) is 43.2. The molecular weight excluding hydrogens is 1640 g/mol. The van der Waals surface area contributed by atoms with Gasteiger partial charge >= 0.3 is 0 Å². The molecule has 6 aromatic carbocycles. The number of Topliss-reactive ketones (excluding diaryl/α,β-unsaturated/α-hetero) is 3. The highest BCUT2D eigenvalue weighted by Gasteiger charge is 2.20. The second kappa shape index (κ2) is 41.6. The minimum Gasteiger partial charge on any atom is -0.387 e. The van der Waals surface area contributed by atoms with Crippen LogP contribution in [0.2, 0.25) is 0 Å². The number of pyridine rings is 5. The fourth-order valence-corrected chi connectivity index (χ4v) is 15.1. The van der Waals surface area contributed by atoms with Crippen molar-refractivity contribution in [1.29, 1.82) is 5.41 Å². The maximum atomic E-state index is 13.1. The number of imidazole rings is 4. The van der Waals surface area contributed by atoms with Crippen LogP contribution in [0.5, 0.6) is 0 Å². The SMILES string of the molecule is Cc1ccc(C(=O)Cc2ccc(CC(=N)N)c(C)c2)cc1C#Cc1cnc2cccnn12.Cc1ccc(C(=O)Cc2ccc(CN3CCCC3)c(C)c2)cc1C#Cc1cnc2ccccn12.Cc1ccnc(CC(=O)c2ccc(C)c(C#Cc3cnc4c(NC5=NCCN5)cccn34)c2)c1.Cc1ccnc(NC(=O)c2ccc(C)c(C#Cc3cnc4c(N=C(N)N)cccn34)c2)c1. The van der Waals surface area contributed by atoms with E-state index >= 15 is 0 Å². The molecule has 0 unspecified atom stereocenters. The zero-order valence-electron chi connectivity index (χ0n) is 74.6. The van der Waals surface area contributed by atoms with Crippen molar-refractivity contribution in [2.75, 3.05) is 36.8 Å². The van der Waals surface area contributed by atoms with Crippen molar-refractivity contribution < 1.29 is 19.2 Å². The van der Waals surface area contributed by atoms with Crippen LogP contribution in [0.3, 0.4) is 0 Å². The summed E-state index contributed by atoms with van der Waals surface area (Å²) >= 11 is 0. The Labute approximate surface area is 765 Å². The number of carbonyl (C=O) groups excluding carboxylic acids is 4. The van der Waals surface area contributed by atoms with E-state index in [0.717, 1.165) is 143 Å². The molecule has 10 N–H and O–H groups in total. The van der Waals surface area contributed by atoms with Gasteiger partial charge in [-0.2, -0.15) is 5.10 Å². The van der Waals surface area contributed by atoms with Crippen LogP contribution in [0.25, 0.3) is 22.6 Å². The molecule has 25 nitrogen and oxygen atoms in total. The number of likely N-dealkylation sites (tertiary alicyclic amines) is 1. The summed E-state index contributed by atoms with van der Waals surface area (Å²) in [5.74, 6) is 26.7. The molecule has 0 bridgehead atoms. The lowest BCUT2D eigenvalue weighted by Gasteiger charge is -2.17. The summed E-state index contributed by atoms with van der Waals surface area (Å²) in [5, 5.41) is 21.1. The number of nitrogens with two attached hydrogens (primary N) is 3. The summed E-state index contributed by atoms with van der Waals surface area (Å²) in [6, 6.07) is 59.4. The summed E-state index contributed by atoms with van der Waals surface area (Å²) in [5.41, 5.74) is 43.1. The number of guanidine groups is 2. The predicted molar refractivity (Wildman–Crippen MR) is 519 cm³/mol. The largest absolute Gasteiger partial charge is 0.387 e. The number of amidine groups is 1. The number of nitrogens with one attached hydrogen (secondary N) is 4. The quantitative estimate of drug-likeness (QED) is 0.0193. The molecule has 16 aromatic rings. The van der Waals surface area contributed by atoms with Gasteiger partial charge in [0.05, 0.1) is 49.3 Å². The molecule has 12 heterocycles. The Bertz CT molecular complexity index is 7490. The van der Waals surface area contributed by atoms with E-state index in [1.54, 1.807) is 66.1 Å². The molecule has 18 rings (SSSR count). The fraction of sp³-hybridized carbons (Fsp3) is 0.178. The van der Waals surface area contributed by atoms with Crippen molar-refractivity contribution in [1.82, 2.24) is 62.9 Å². The lowest BCUT2D eigenvalue weighted by molar-refractivity contribution is 0.0984. The van der Waals surface area contributed by atoms with Gasteiger partial charge < -0.3 is 33.2 Å². The number of fused-ring (bicyclic) bond motifs is 4. The Hall–Kier alpha value is -17.0. The van der Waals surface area contributed by atoms with Crippen molar-refractivity contribution in [2.45, 2.75) is 100 Å². The average molecular weight is 1740 g/mol. The summed E-state index contributed by atoms with van der Waals surface area (Å²) in [6.07, 6.45) is 21.7. The molecule has 2 aliphatic heterocycles. The molecule has 654 valence electrons. The molecule has 25 heteroatoms. The summed E-state index contributed by atoms with van der Waals surface area (Å²) in [6.45, 7) is 21.0. The molecule has 0 aliphatic carbocycles. The van der Waals surface area contributed by atoms with Gasteiger partial charge in [-0.1, -0.05) is 109 Å². The van der Waals surface area contributed by atoms with Gasteiger partial charge in [-0.25, -0.2) is 34.4 Å². The number of anilines is 2. The minimum atomic E-state index is -0.247. The van der Waals surface area contributed by atoms with Gasteiger partial charge in [0.15, 0.2) is 46.2 Å². The van der Waals surface area contributed by atoms with Crippen LogP contribution in [0.15, 0.2) is 260 Å². The number of aromatic nitrogens is 11. The van der Waals surface area contributed by atoms with Crippen molar-refractivity contribution in [3.05, 3.63) is 390 Å². The lowest BCUT2D eigenvalue weighted by Crippen LogP contribution is -2.26. The maximum absolute atomic E-state index is 13.1.